The molecule has 3 aromatic rings. The van der Waals surface area contributed by atoms with E-state index in [2.05, 4.69) is 46.8 Å². The van der Waals surface area contributed by atoms with E-state index in [1.165, 1.54) is 22.5 Å². The fourth-order valence-corrected chi connectivity index (χ4v) is 3.93. The van der Waals surface area contributed by atoms with E-state index in [0.717, 1.165) is 36.6 Å². The minimum Gasteiger partial charge on any atom is -0.361 e. The SMILES string of the molecule is Cc1nc(NCCc2ccccc2)sc1C(=O)N[C@H](C)CCc1ccccc1. The van der Waals surface area contributed by atoms with Gasteiger partial charge in [-0.3, -0.25) is 4.79 Å². The van der Waals surface area contributed by atoms with Gasteiger partial charge in [0.25, 0.3) is 5.91 Å². The number of thiazole rings is 1. The molecule has 3 rings (SSSR count). The summed E-state index contributed by atoms with van der Waals surface area (Å²) in [4.78, 5) is 17.8. The van der Waals surface area contributed by atoms with Crippen molar-refractivity contribution >= 4 is 22.4 Å². The van der Waals surface area contributed by atoms with Crippen molar-refractivity contribution in [3.63, 3.8) is 0 Å². The highest BCUT2D eigenvalue weighted by molar-refractivity contribution is 7.17. The maximum Gasteiger partial charge on any atom is 0.263 e. The molecule has 0 spiro atoms. The zero-order valence-electron chi connectivity index (χ0n) is 16.4. The van der Waals surface area contributed by atoms with E-state index in [4.69, 9.17) is 0 Å². The summed E-state index contributed by atoms with van der Waals surface area (Å²) in [5.41, 5.74) is 3.36. The van der Waals surface area contributed by atoms with Crippen molar-refractivity contribution in [2.75, 3.05) is 11.9 Å². The van der Waals surface area contributed by atoms with Gasteiger partial charge in [-0.1, -0.05) is 72.0 Å². The van der Waals surface area contributed by atoms with E-state index in [1.54, 1.807) is 0 Å². The molecule has 0 saturated heterocycles. The van der Waals surface area contributed by atoms with Crippen LogP contribution in [0.1, 0.15) is 39.8 Å². The molecule has 2 N–H and O–H groups in total. The Hall–Kier alpha value is -2.66. The van der Waals surface area contributed by atoms with Gasteiger partial charge in [0.1, 0.15) is 4.88 Å². The first-order chi connectivity index (χ1) is 13.6. The first-order valence-electron chi connectivity index (χ1n) is 9.72. The van der Waals surface area contributed by atoms with E-state index in [1.807, 2.05) is 43.3 Å². The number of nitrogens with zero attached hydrogens (tertiary/aromatic N) is 1. The van der Waals surface area contributed by atoms with Crippen LogP contribution in [-0.2, 0) is 12.8 Å². The second-order valence-electron chi connectivity index (χ2n) is 6.99. The van der Waals surface area contributed by atoms with Gasteiger partial charge in [-0.15, -0.1) is 0 Å². The highest BCUT2D eigenvalue weighted by Gasteiger charge is 2.17. The summed E-state index contributed by atoms with van der Waals surface area (Å²) in [5.74, 6) is -0.0355. The highest BCUT2D eigenvalue weighted by Crippen LogP contribution is 2.22. The number of benzene rings is 2. The maximum atomic E-state index is 12.6. The highest BCUT2D eigenvalue weighted by atomic mass is 32.1. The van der Waals surface area contributed by atoms with Gasteiger partial charge in [0.05, 0.1) is 5.69 Å². The normalized spacial score (nSPS) is 11.8. The van der Waals surface area contributed by atoms with Crippen molar-refractivity contribution in [2.45, 2.75) is 39.2 Å². The molecule has 0 unspecified atom stereocenters. The number of aromatic nitrogens is 1. The Morgan fingerprint density at radius 1 is 1.00 bits per heavy atom. The third-order valence-corrected chi connectivity index (χ3v) is 5.74. The monoisotopic (exact) mass is 393 g/mol. The number of rotatable bonds is 9. The fourth-order valence-electron chi connectivity index (χ4n) is 3.03. The van der Waals surface area contributed by atoms with Gasteiger partial charge >= 0.3 is 0 Å². The van der Waals surface area contributed by atoms with E-state index in [0.29, 0.717) is 4.88 Å². The molecular weight excluding hydrogens is 366 g/mol. The number of aryl methyl sites for hydroxylation is 2. The molecule has 1 amide bonds. The van der Waals surface area contributed by atoms with Gasteiger partial charge in [0.15, 0.2) is 5.13 Å². The standard InChI is InChI=1S/C23H27N3OS/c1-17(13-14-19-9-5-3-6-10-19)25-22(27)21-18(2)26-23(28-21)24-16-15-20-11-7-4-8-12-20/h3-12,17H,13-16H2,1-2H3,(H,24,26)(H,25,27)/t17-/m1/s1. The first-order valence-corrected chi connectivity index (χ1v) is 10.5. The Morgan fingerprint density at radius 3 is 2.25 bits per heavy atom. The second kappa shape index (κ2) is 10.0. The topological polar surface area (TPSA) is 54.0 Å². The molecule has 0 bridgehead atoms. The van der Waals surface area contributed by atoms with Crippen LogP contribution >= 0.6 is 11.3 Å². The van der Waals surface area contributed by atoms with Gasteiger partial charge in [0, 0.05) is 12.6 Å². The van der Waals surface area contributed by atoms with Gasteiger partial charge in [-0.25, -0.2) is 4.98 Å². The third-order valence-electron chi connectivity index (χ3n) is 4.62. The molecular formula is C23H27N3OS. The quantitative estimate of drug-likeness (QED) is 0.546. The first kappa shape index (κ1) is 20.1. The van der Waals surface area contributed by atoms with E-state index in [9.17, 15) is 4.79 Å². The third kappa shape index (κ3) is 5.92. The fraction of sp³-hybridized carbons (Fsp3) is 0.304. The number of carbonyl (C=O) groups excluding carboxylic acids is 1. The van der Waals surface area contributed by atoms with Gasteiger partial charge in [-0.2, -0.15) is 0 Å². The van der Waals surface area contributed by atoms with Gasteiger partial charge in [-0.05, 0) is 44.2 Å². The van der Waals surface area contributed by atoms with Crippen LogP contribution in [0.25, 0.3) is 0 Å². The van der Waals surface area contributed by atoms with Crippen LogP contribution in [-0.4, -0.2) is 23.5 Å². The molecule has 1 aromatic heterocycles. The molecule has 0 aliphatic heterocycles. The van der Waals surface area contributed by atoms with Crippen molar-refractivity contribution in [1.29, 1.82) is 0 Å². The predicted octanol–water partition coefficient (Wildman–Crippen LogP) is 4.86. The zero-order chi connectivity index (χ0) is 19.8. The minimum absolute atomic E-state index is 0.0355. The lowest BCUT2D eigenvalue weighted by atomic mass is 10.1. The van der Waals surface area contributed by atoms with Crippen molar-refractivity contribution in [3.8, 4) is 0 Å². The van der Waals surface area contributed by atoms with Crippen LogP contribution < -0.4 is 10.6 Å². The van der Waals surface area contributed by atoms with Crippen molar-refractivity contribution in [2.24, 2.45) is 0 Å². The van der Waals surface area contributed by atoms with Crippen molar-refractivity contribution < 1.29 is 4.79 Å². The lowest BCUT2D eigenvalue weighted by Gasteiger charge is -2.13. The Kier molecular flexibility index (Phi) is 7.20. The van der Waals surface area contributed by atoms with Crippen LogP contribution in [0.15, 0.2) is 60.7 Å². The molecule has 0 aliphatic carbocycles. The number of carbonyl (C=O) groups is 1. The summed E-state index contributed by atoms with van der Waals surface area (Å²) < 4.78 is 0. The number of amides is 1. The maximum absolute atomic E-state index is 12.6. The van der Waals surface area contributed by atoms with Gasteiger partial charge in [0.2, 0.25) is 0 Å². The van der Waals surface area contributed by atoms with Crippen molar-refractivity contribution in [1.82, 2.24) is 10.3 Å². The lowest BCUT2D eigenvalue weighted by molar-refractivity contribution is 0.0942. The molecule has 0 saturated carbocycles. The molecule has 146 valence electrons. The van der Waals surface area contributed by atoms with Crippen LogP contribution in [0.2, 0.25) is 0 Å². The Bertz CT molecular complexity index is 877. The van der Waals surface area contributed by atoms with Gasteiger partial charge < -0.3 is 10.6 Å². The summed E-state index contributed by atoms with van der Waals surface area (Å²) in [5, 5.41) is 7.24. The second-order valence-corrected chi connectivity index (χ2v) is 7.99. The van der Waals surface area contributed by atoms with E-state index < -0.39 is 0 Å². The van der Waals surface area contributed by atoms with Crippen LogP contribution in [0.3, 0.4) is 0 Å². The molecule has 1 atom stereocenters. The number of hydrogen-bond acceptors (Lipinski definition) is 4. The summed E-state index contributed by atoms with van der Waals surface area (Å²) in [6.07, 6.45) is 2.80. The molecule has 1 heterocycles. The molecule has 0 radical (unpaired) electrons. The molecule has 5 heteroatoms. The molecule has 0 aliphatic rings. The number of anilines is 1. The van der Waals surface area contributed by atoms with E-state index >= 15 is 0 Å². The molecule has 2 aromatic carbocycles. The van der Waals surface area contributed by atoms with Crippen molar-refractivity contribution in [3.05, 3.63) is 82.4 Å². The van der Waals surface area contributed by atoms with Crippen LogP contribution in [0.5, 0.6) is 0 Å². The smallest absolute Gasteiger partial charge is 0.263 e. The summed E-state index contributed by atoms with van der Waals surface area (Å²) >= 11 is 1.42. The number of nitrogens with one attached hydrogen (secondary N) is 2. The summed E-state index contributed by atoms with van der Waals surface area (Å²) in [6, 6.07) is 20.8. The Labute approximate surface area is 171 Å². The Balaban J connectivity index is 1.48. The minimum atomic E-state index is -0.0355. The average molecular weight is 394 g/mol. The largest absolute Gasteiger partial charge is 0.361 e. The van der Waals surface area contributed by atoms with E-state index in [-0.39, 0.29) is 11.9 Å². The lowest BCUT2D eigenvalue weighted by Crippen LogP contribution is -2.32. The number of hydrogen-bond donors (Lipinski definition) is 2. The molecule has 0 fully saturated rings. The van der Waals surface area contributed by atoms with Crippen LogP contribution in [0, 0.1) is 6.92 Å². The zero-order valence-corrected chi connectivity index (χ0v) is 17.3. The Morgan fingerprint density at radius 2 is 1.61 bits per heavy atom. The molecule has 28 heavy (non-hydrogen) atoms. The summed E-state index contributed by atoms with van der Waals surface area (Å²) in [6.45, 7) is 4.74. The van der Waals surface area contributed by atoms with Crippen LogP contribution in [0.4, 0.5) is 5.13 Å². The predicted molar refractivity (Wildman–Crippen MR) is 117 cm³/mol. The average Bonchev–Trinajstić information content (AvgIpc) is 3.08. The summed E-state index contributed by atoms with van der Waals surface area (Å²) in [7, 11) is 0. The molecule has 4 nitrogen and oxygen atoms in total.